The number of thiazole rings is 1. The molecule has 1 N–H and O–H groups in total. The third-order valence-electron chi connectivity index (χ3n) is 4.48. The first-order valence-corrected chi connectivity index (χ1v) is 11.6. The lowest BCUT2D eigenvalue weighted by atomic mass is 10.1. The van der Waals surface area contributed by atoms with Gasteiger partial charge in [-0.25, -0.2) is 22.1 Å². The van der Waals surface area contributed by atoms with Crippen molar-refractivity contribution in [3.63, 3.8) is 0 Å². The fourth-order valence-corrected chi connectivity index (χ4v) is 4.64. The zero-order valence-corrected chi connectivity index (χ0v) is 18.3. The zero-order chi connectivity index (χ0) is 21.7. The molecule has 0 bridgehead atoms. The Balaban J connectivity index is 1.49. The van der Waals surface area contributed by atoms with Crippen LogP contribution in [-0.4, -0.2) is 37.2 Å². The van der Waals surface area contributed by atoms with E-state index in [-0.39, 0.29) is 23.8 Å². The number of sulfonamides is 1. The lowest BCUT2D eigenvalue weighted by Crippen LogP contribution is -2.28. The van der Waals surface area contributed by atoms with Crippen molar-refractivity contribution in [3.8, 4) is 11.3 Å². The molecule has 3 rings (SSSR count). The maximum Gasteiger partial charge on any atom is 0.242 e. The molecule has 0 saturated heterocycles. The quantitative estimate of drug-likeness (QED) is 0.558. The van der Waals surface area contributed by atoms with Gasteiger partial charge in [0.2, 0.25) is 15.9 Å². The van der Waals surface area contributed by atoms with Crippen LogP contribution >= 0.6 is 11.3 Å². The van der Waals surface area contributed by atoms with Gasteiger partial charge >= 0.3 is 0 Å². The van der Waals surface area contributed by atoms with Crippen LogP contribution in [0.5, 0.6) is 0 Å². The Hall–Kier alpha value is -2.62. The highest BCUT2D eigenvalue weighted by Crippen LogP contribution is 2.23. The number of carbonyl (C=O) groups excluding carboxylic acids is 1. The van der Waals surface area contributed by atoms with Gasteiger partial charge in [0.15, 0.2) is 0 Å². The molecule has 0 radical (unpaired) electrons. The summed E-state index contributed by atoms with van der Waals surface area (Å²) in [6.45, 7) is 2.13. The fraction of sp³-hybridized carbons (Fsp3) is 0.238. The lowest BCUT2D eigenvalue weighted by Gasteiger charge is -2.17. The highest BCUT2D eigenvalue weighted by molar-refractivity contribution is 7.89. The SMILES string of the molecule is Cc1nc(-c2ccc(NC(=O)CCCN(C)S(=O)(=O)c3ccc(F)cc3)cc2)cs1. The summed E-state index contributed by atoms with van der Waals surface area (Å²) >= 11 is 1.58. The second-order valence-corrected chi connectivity index (χ2v) is 9.87. The van der Waals surface area contributed by atoms with Crippen LogP contribution in [0.15, 0.2) is 58.8 Å². The van der Waals surface area contributed by atoms with Crippen molar-refractivity contribution in [1.82, 2.24) is 9.29 Å². The van der Waals surface area contributed by atoms with E-state index in [1.807, 2.05) is 36.6 Å². The van der Waals surface area contributed by atoms with Crippen LogP contribution in [0.25, 0.3) is 11.3 Å². The summed E-state index contributed by atoms with van der Waals surface area (Å²) in [6, 6.07) is 12.1. The lowest BCUT2D eigenvalue weighted by molar-refractivity contribution is -0.116. The van der Waals surface area contributed by atoms with Crippen LogP contribution < -0.4 is 5.32 Å². The summed E-state index contributed by atoms with van der Waals surface area (Å²) < 4.78 is 39.1. The minimum Gasteiger partial charge on any atom is -0.326 e. The second-order valence-electron chi connectivity index (χ2n) is 6.76. The van der Waals surface area contributed by atoms with Crippen LogP contribution in [0.1, 0.15) is 17.8 Å². The molecule has 158 valence electrons. The summed E-state index contributed by atoms with van der Waals surface area (Å²) in [4.78, 5) is 16.6. The number of hydrogen-bond donors (Lipinski definition) is 1. The van der Waals surface area contributed by atoms with Crippen LogP contribution in [0.3, 0.4) is 0 Å². The van der Waals surface area contributed by atoms with Crippen molar-refractivity contribution in [2.24, 2.45) is 0 Å². The number of anilines is 1. The summed E-state index contributed by atoms with van der Waals surface area (Å²) in [5, 5.41) is 5.79. The summed E-state index contributed by atoms with van der Waals surface area (Å²) in [5.41, 5.74) is 2.55. The van der Waals surface area contributed by atoms with Crippen LogP contribution in [0.4, 0.5) is 10.1 Å². The normalized spacial score (nSPS) is 11.6. The first-order chi connectivity index (χ1) is 14.3. The predicted octanol–water partition coefficient (Wildman–Crippen LogP) is 4.30. The standard InChI is InChI=1S/C21H22FN3O3S2/c1-15-23-20(14-29-15)16-5-9-18(10-6-16)24-21(26)4-3-13-25(2)30(27,28)19-11-7-17(22)8-12-19/h5-12,14H,3-4,13H2,1-2H3,(H,24,26). The van der Waals surface area contributed by atoms with Gasteiger partial charge in [-0.3, -0.25) is 4.79 Å². The number of nitrogens with one attached hydrogen (secondary N) is 1. The summed E-state index contributed by atoms with van der Waals surface area (Å²) in [5.74, 6) is -0.692. The van der Waals surface area contributed by atoms with Gasteiger partial charge in [0, 0.05) is 36.6 Å². The molecule has 0 spiro atoms. The Morgan fingerprint density at radius 2 is 1.80 bits per heavy atom. The van der Waals surface area contributed by atoms with Crippen molar-refractivity contribution >= 4 is 33.0 Å². The van der Waals surface area contributed by atoms with Crippen LogP contribution in [0, 0.1) is 12.7 Å². The second kappa shape index (κ2) is 9.46. The average Bonchev–Trinajstić information content (AvgIpc) is 3.15. The number of benzene rings is 2. The number of carbonyl (C=O) groups is 1. The highest BCUT2D eigenvalue weighted by atomic mass is 32.2. The highest BCUT2D eigenvalue weighted by Gasteiger charge is 2.20. The van der Waals surface area contributed by atoms with Gasteiger partial charge in [-0.2, -0.15) is 0 Å². The molecule has 1 heterocycles. The Morgan fingerprint density at radius 1 is 1.13 bits per heavy atom. The number of halogens is 1. The van der Waals surface area contributed by atoms with Crippen molar-refractivity contribution in [2.75, 3.05) is 18.9 Å². The monoisotopic (exact) mass is 447 g/mol. The first kappa shape index (κ1) is 22.1. The van der Waals surface area contributed by atoms with E-state index in [1.54, 1.807) is 11.3 Å². The third-order valence-corrected chi connectivity index (χ3v) is 7.13. The van der Waals surface area contributed by atoms with Gasteiger partial charge in [0.25, 0.3) is 0 Å². The Kier molecular flexibility index (Phi) is 6.96. The van der Waals surface area contributed by atoms with E-state index in [9.17, 15) is 17.6 Å². The van der Waals surface area contributed by atoms with Gasteiger partial charge in [-0.1, -0.05) is 12.1 Å². The number of hydrogen-bond acceptors (Lipinski definition) is 5. The van der Waals surface area contributed by atoms with Crippen molar-refractivity contribution < 1.29 is 17.6 Å². The number of aromatic nitrogens is 1. The van der Waals surface area contributed by atoms with Gasteiger partial charge in [-0.05, 0) is 49.7 Å². The molecule has 0 atom stereocenters. The molecule has 30 heavy (non-hydrogen) atoms. The van der Waals surface area contributed by atoms with Gasteiger partial charge < -0.3 is 5.32 Å². The van der Waals surface area contributed by atoms with Crippen molar-refractivity contribution in [3.05, 3.63) is 64.7 Å². The molecule has 0 unspecified atom stereocenters. The zero-order valence-electron chi connectivity index (χ0n) is 16.6. The molecular formula is C21H22FN3O3S2. The van der Waals surface area contributed by atoms with E-state index in [4.69, 9.17) is 0 Å². The summed E-state index contributed by atoms with van der Waals surface area (Å²) in [6.07, 6.45) is 0.537. The number of aryl methyl sites for hydroxylation is 1. The number of rotatable bonds is 8. The molecule has 0 saturated carbocycles. The van der Waals surface area contributed by atoms with Gasteiger partial charge in [0.1, 0.15) is 5.82 Å². The average molecular weight is 448 g/mol. The molecule has 3 aromatic rings. The predicted molar refractivity (Wildman–Crippen MR) is 116 cm³/mol. The maximum absolute atomic E-state index is 13.0. The van der Waals surface area contributed by atoms with Gasteiger partial charge in [-0.15, -0.1) is 11.3 Å². The molecule has 9 heteroatoms. The number of nitrogens with zero attached hydrogens (tertiary/aromatic N) is 2. The maximum atomic E-state index is 13.0. The van der Waals surface area contributed by atoms with E-state index in [1.165, 1.54) is 19.2 Å². The molecule has 1 amide bonds. The molecule has 1 aromatic heterocycles. The fourth-order valence-electron chi connectivity index (χ4n) is 2.81. The van der Waals surface area contributed by atoms with E-state index in [2.05, 4.69) is 10.3 Å². The van der Waals surface area contributed by atoms with E-state index >= 15 is 0 Å². The Labute approximate surface area is 179 Å². The first-order valence-electron chi connectivity index (χ1n) is 9.30. The van der Waals surface area contributed by atoms with Crippen LogP contribution in [-0.2, 0) is 14.8 Å². The van der Waals surface area contributed by atoms with Crippen molar-refractivity contribution in [1.29, 1.82) is 0 Å². The van der Waals surface area contributed by atoms with E-state index in [0.717, 1.165) is 32.7 Å². The minimum atomic E-state index is -3.71. The number of amides is 1. The van der Waals surface area contributed by atoms with Gasteiger partial charge in [0.05, 0.1) is 15.6 Å². The molecule has 0 aliphatic heterocycles. The van der Waals surface area contributed by atoms with E-state index in [0.29, 0.717) is 12.1 Å². The Morgan fingerprint density at radius 3 is 2.40 bits per heavy atom. The smallest absolute Gasteiger partial charge is 0.242 e. The molecule has 6 nitrogen and oxygen atoms in total. The molecule has 2 aromatic carbocycles. The largest absolute Gasteiger partial charge is 0.326 e. The molecule has 0 fully saturated rings. The topological polar surface area (TPSA) is 79.4 Å². The third kappa shape index (κ3) is 5.50. The molecule has 0 aliphatic carbocycles. The Bertz CT molecular complexity index is 1110. The molecule has 0 aliphatic rings. The minimum absolute atomic E-state index is 0.0197. The van der Waals surface area contributed by atoms with E-state index < -0.39 is 15.8 Å². The molecular weight excluding hydrogens is 425 g/mol. The summed E-state index contributed by atoms with van der Waals surface area (Å²) in [7, 11) is -2.27. The van der Waals surface area contributed by atoms with Crippen LogP contribution in [0.2, 0.25) is 0 Å². The van der Waals surface area contributed by atoms with Crippen molar-refractivity contribution in [2.45, 2.75) is 24.7 Å².